The maximum Gasteiger partial charge on any atom is 0.255 e. The third-order valence-electron chi connectivity index (χ3n) is 4.77. The Morgan fingerprint density at radius 1 is 1.18 bits per heavy atom. The van der Waals surface area contributed by atoms with Gasteiger partial charge < -0.3 is 5.32 Å². The van der Waals surface area contributed by atoms with Gasteiger partial charge in [-0.2, -0.15) is 0 Å². The van der Waals surface area contributed by atoms with E-state index in [2.05, 4.69) is 15.6 Å². The third-order valence-corrected chi connectivity index (χ3v) is 6.73. The van der Waals surface area contributed by atoms with Crippen LogP contribution in [0.3, 0.4) is 0 Å². The molecule has 1 fully saturated rings. The number of carbonyl (C=O) groups excluding carboxylic acids is 1. The van der Waals surface area contributed by atoms with Crippen LogP contribution in [0.2, 0.25) is 0 Å². The summed E-state index contributed by atoms with van der Waals surface area (Å²) in [4.78, 5) is 12.7. The predicted octanol–water partition coefficient (Wildman–Crippen LogP) is 2.55. The van der Waals surface area contributed by atoms with Crippen LogP contribution in [-0.2, 0) is 16.4 Å². The Hall–Kier alpha value is -3.00. The summed E-state index contributed by atoms with van der Waals surface area (Å²) < 4.78 is 24.3. The minimum absolute atomic E-state index is 0.0878. The molecule has 0 spiro atoms. The van der Waals surface area contributed by atoms with Gasteiger partial charge in [0.15, 0.2) is 9.84 Å². The van der Waals surface area contributed by atoms with Gasteiger partial charge >= 0.3 is 0 Å². The van der Waals surface area contributed by atoms with Gasteiger partial charge in [-0.05, 0) is 30.7 Å². The SMILES string of the molecule is Cc1ccc(-c2cn(CC3CS(=O)(=O)C3)nn2)cc1C(=O)Nc1ccccc1. The molecule has 4 rings (SSSR count). The molecule has 0 bridgehead atoms. The molecule has 0 aliphatic carbocycles. The van der Waals surface area contributed by atoms with Crippen molar-refractivity contribution in [2.75, 3.05) is 16.8 Å². The molecule has 0 saturated carbocycles. The number of nitrogens with zero attached hydrogens (tertiary/aromatic N) is 3. The fraction of sp³-hybridized carbons (Fsp3) is 0.250. The molecule has 0 atom stereocenters. The minimum atomic E-state index is -2.85. The average Bonchev–Trinajstić information content (AvgIpc) is 3.10. The Labute approximate surface area is 163 Å². The first-order valence-corrected chi connectivity index (χ1v) is 10.8. The number of carbonyl (C=O) groups is 1. The highest BCUT2D eigenvalue weighted by Crippen LogP contribution is 2.23. The fourth-order valence-electron chi connectivity index (χ4n) is 3.31. The molecular formula is C20H20N4O3S. The molecule has 2 heterocycles. The Morgan fingerprint density at radius 3 is 2.64 bits per heavy atom. The van der Waals surface area contributed by atoms with Gasteiger partial charge in [-0.3, -0.25) is 9.48 Å². The molecule has 1 saturated heterocycles. The van der Waals surface area contributed by atoms with Crippen molar-refractivity contribution in [1.29, 1.82) is 0 Å². The number of aromatic nitrogens is 3. The van der Waals surface area contributed by atoms with Crippen LogP contribution in [0.15, 0.2) is 54.7 Å². The highest BCUT2D eigenvalue weighted by Gasteiger charge is 2.33. The number of hydrogen-bond acceptors (Lipinski definition) is 5. The van der Waals surface area contributed by atoms with Crippen molar-refractivity contribution in [3.63, 3.8) is 0 Å². The molecule has 1 N–H and O–H groups in total. The summed E-state index contributed by atoms with van der Waals surface area (Å²) in [6, 6.07) is 14.9. The van der Waals surface area contributed by atoms with Crippen molar-refractivity contribution < 1.29 is 13.2 Å². The average molecular weight is 396 g/mol. The number of nitrogens with one attached hydrogen (secondary N) is 1. The quantitative estimate of drug-likeness (QED) is 0.715. The Bertz CT molecular complexity index is 1110. The van der Waals surface area contributed by atoms with Crippen LogP contribution >= 0.6 is 0 Å². The van der Waals surface area contributed by atoms with Crippen LogP contribution in [0.25, 0.3) is 11.3 Å². The summed E-state index contributed by atoms with van der Waals surface area (Å²) >= 11 is 0. The molecule has 0 radical (unpaired) electrons. The lowest BCUT2D eigenvalue weighted by Gasteiger charge is -2.24. The van der Waals surface area contributed by atoms with E-state index in [0.29, 0.717) is 17.8 Å². The van der Waals surface area contributed by atoms with Crippen molar-refractivity contribution >= 4 is 21.4 Å². The summed E-state index contributed by atoms with van der Waals surface area (Å²) in [5.41, 5.74) is 3.61. The summed E-state index contributed by atoms with van der Waals surface area (Å²) in [5, 5.41) is 11.2. The van der Waals surface area contributed by atoms with Gasteiger partial charge in [0, 0.05) is 29.3 Å². The van der Waals surface area contributed by atoms with Crippen molar-refractivity contribution in [2.45, 2.75) is 13.5 Å². The van der Waals surface area contributed by atoms with E-state index in [9.17, 15) is 13.2 Å². The van der Waals surface area contributed by atoms with Gasteiger partial charge in [0.05, 0.1) is 17.7 Å². The lowest BCUT2D eigenvalue weighted by molar-refractivity contribution is 0.102. The van der Waals surface area contributed by atoms with Gasteiger partial charge in [0.25, 0.3) is 5.91 Å². The molecule has 0 unspecified atom stereocenters. The third kappa shape index (κ3) is 3.96. The normalized spacial score (nSPS) is 15.8. The zero-order chi connectivity index (χ0) is 19.7. The van der Waals surface area contributed by atoms with Crippen molar-refractivity contribution in [3.05, 3.63) is 65.9 Å². The van der Waals surface area contributed by atoms with Crippen LogP contribution in [0.4, 0.5) is 5.69 Å². The van der Waals surface area contributed by atoms with Gasteiger partial charge in [0.1, 0.15) is 5.69 Å². The standard InChI is InChI=1S/C20H20N4O3S/c1-14-7-8-16(9-18(14)20(25)21-17-5-3-2-4-6-17)19-11-24(23-22-19)10-15-12-28(26,27)13-15/h2-9,11,15H,10,12-13H2,1H3,(H,21,25). The topological polar surface area (TPSA) is 93.9 Å². The Morgan fingerprint density at radius 2 is 1.93 bits per heavy atom. The molecule has 1 aliphatic heterocycles. The van der Waals surface area contributed by atoms with Crippen molar-refractivity contribution in [2.24, 2.45) is 5.92 Å². The molecule has 8 heteroatoms. The predicted molar refractivity (Wildman–Crippen MR) is 107 cm³/mol. The lowest BCUT2D eigenvalue weighted by Crippen LogP contribution is -2.39. The minimum Gasteiger partial charge on any atom is -0.322 e. The van der Waals surface area contributed by atoms with Crippen molar-refractivity contribution in [3.8, 4) is 11.3 Å². The number of rotatable bonds is 5. The molecule has 144 valence electrons. The second kappa shape index (κ2) is 7.20. The highest BCUT2D eigenvalue weighted by atomic mass is 32.2. The van der Waals surface area contributed by atoms with E-state index in [0.717, 1.165) is 16.8 Å². The first kappa shape index (κ1) is 18.4. The molecule has 28 heavy (non-hydrogen) atoms. The van der Waals surface area contributed by atoms with E-state index in [1.165, 1.54) is 0 Å². The first-order valence-electron chi connectivity index (χ1n) is 8.97. The van der Waals surface area contributed by atoms with Crippen molar-refractivity contribution in [1.82, 2.24) is 15.0 Å². The fourth-order valence-corrected chi connectivity index (χ4v) is 4.85. The number of amides is 1. The van der Waals surface area contributed by atoms with E-state index < -0.39 is 9.84 Å². The maximum atomic E-state index is 12.7. The number of sulfone groups is 1. The zero-order valence-electron chi connectivity index (χ0n) is 15.4. The summed E-state index contributed by atoms with van der Waals surface area (Å²) in [6.07, 6.45) is 1.79. The van der Waals surface area contributed by atoms with Crippen LogP contribution in [0, 0.1) is 12.8 Å². The van der Waals surface area contributed by atoms with Crippen LogP contribution < -0.4 is 5.32 Å². The number of benzene rings is 2. The molecule has 3 aromatic rings. The number of hydrogen-bond donors (Lipinski definition) is 1. The molecule has 2 aromatic carbocycles. The summed E-state index contributed by atoms with van der Waals surface area (Å²) in [7, 11) is -2.85. The zero-order valence-corrected chi connectivity index (χ0v) is 16.2. The summed E-state index contributed by atoms with van der Waals surface area (Å²) in [6.45, 7) is 2.41. The van der Waals surface area contributed by atoms with Crippen LogP contribution in [-0.4, -0.2) is 40.8 Å². The smallest absolute Gasteiger partial charge is 0.255 e. The van der Waals surface area contributed by atoms with Gasteiger partial charge in [-0.25, -0.2) is 8.42 Å². The molecule has 1 aromatic heterocycles. The van der Waals surface area contributed by atoms with Gasteiger partial charge in [-0.1, -0.05) is 35.5 Å². The number of anilines is 1. The Balaban J connectivity index is 1.51. The number of aryl methyl sites for hydroxylation is 1. The largest absolute Gasteiger partial charge is 0.322 e. The number of para-hydroxylation sites is 1. The second-order valence-corrected chi connectivity index (χ2v) is 9.27. The van der Waals surface area contributed by atoms with Gasteiger partial charge in [0.2, 0.25) is 0 Å². The van der Waals surface area contributed by atoms with E-state index in [1.54, 1.807) is 16.9 Å². The van der Waals surface area contributed by atoms with E-state index in [1.807, 2.05) is 49.4 Å². The van der Waals surface area contributed by atoms with Gasteiger partial charge in [-0.15, -0.1) is 5.10 Å². The molecular weight excluding hydrogens is 376 g/mol. The second-order valence-electron chi connectivity index (χ2n) is 7.12. The van der Waals surface area contributed by atoms with Crippen LogP contribution in [0.5, 0.6) is 0 Å². The van der Waals surface area contributed by atoms with Crippen LogP contribution in [0.1, 0.15) is 15.9 Å². The maximum absolute atomic E-state index is 12.7. The highest BCUT2D eigenvalue weighted by molar-refractivity contribution is 7.92. The van der Waals surface area contributed by atoms with E-state index in [-0.39, 0.29) is 23.3 Å². The monoisotopic (exact) mass is 396 g/mol. The Kier molecular flexibility index (Phi) is 4.72. The lowest BCUT2D eigenvalue weighted by atomic mass is 10.0. The molecule has 1 aliphatic rings. The molecule has 7 nitrogen and oxygen atoms in total. The first-order chi connectivity index (χ1) is 13.4. The molecule has 1 amide bonds. The van der Waals surface area contributed by atoms with E-state index >= 15 is 0 Å². The summed E-state index contributed by atoms with van der Waals surface area (Å²) in [5.74, 6) is 0.315. The van der Waals surface area contributed by atoms with E-state index in [4.69, 9.17) is 0 Å².